The molecule has 0 fully saturated rings. The molecule has 0 radical (unpaired) electrons. The van der Waals surface area contributed by atoms with Gasteiger partial charge in [-0.2, -0.15) is 0 Å². The standard InChI is InChI=1S/C27H30N2O4/c1-16-12-17(2)26(28)23(13-16)24-15-21(29-19(4)30)14-18(3)27(24)33-22-9-6-20(7-10-22)8-11-25(31)32-5/h6-7,9-10,12-15H,8,11,28H2,1-5H3,(H,29,30). The van der Waals surface area contributed by atoms with Gasteiger partial charge in [0.15, 0.2) is 0 Å². The molecule has 0 aliphatic rings. The van der Waals surface area contributed by atoms with Crippen LogP contribution in [0.2, 0.25) is 0 Å². The minimum Gasteiger partial charge on any atom is -0.469 e. The first-order valence-corrected chi connectivity index (χ1v) is 10.8. The van der Waals surface area contributed by atoms with Crippen molar-refractivity contribution in [1.29, 1.82) is 0 Å². The molecule has 1 amide bonds. The Kier molecular flexibility index (Phi) is 7.38. The molecule has 0 aromatic heterocycles. The van der Waals surface area contributed by atoms with Crippen LogP contribution >= 0.6 is 0 Å². The molecule has 0 saturated carbocycles. The Hall–Kier alpha value is -3.80. The molecule has 0 aliphatic carbocycles. The summed E-state index contributed by atoms with van der Waals surface area (Å²) in [5.74, 6) is 0.949. The number of nitrogens with one attached hydrogen (secondary N) is 1. The van der Waals surface area contributed by atoms with E-state index in [0.717, 1.165) is 33.4 Å². The second-order valence-electron chi connectivity index (χ2n) is 8.22. The average Bonchev–Trinajstić information content (AvgIpc) is 2.76. The number of nitrogens with two attached hydrogens (primary N) is 1. The predicted molar refractivity (Wildman–Crippen MR) is 132 cm³/mol. The molecule has 0 atom stereocenters. The van der Waals surface area contributed by atoms with E-state index in [2.05, 4.69) is 5.32 Å². The summed E-state index contributed by atoms with van der Waals surface area (Å²) in [6.07, 6.45) is 0.929. The van der Waals surface area contributed by atoms with Gasteiger partial charge in [0, 0.05) is 35.8 Å². The van der Waals surface area contributed by atoms with Crippen LogP contribution in [0.5, 0.6) is 11.5 Å². The number of rotatable bonds is 7. The van der Waals surface area contributed by atoms with E-state index in [9.17, 15) is 9.59 Å². The molecule has 0 saturated heterocycles. The highest BCUT2D eigenvalue weighted by atomic mass is 16.5. The second kappa shape index (κ2) is 10.2. The summed E-state index contributed by atoms with van der Waals surface area (Å²) in [7, 11) is 1.39. The molecule has 0 unspecified atom stereocenters. The van der Waals surface area contributed by atoms with E-state index in [-0.39, 0.29) is 11.9 Å². The molecule has 6 heteroatoms. The molecule has 3 N–H and O–H groups in total. The molecule has 0 aliphatic heterocycles. The van der Waals surface area contributed by atoms with E-state index in [1.54, 1.807) is 0 Å². The van der Waals surface area contributed by atoms with Crippen LogP contribution in [0.4, 0.5) is 11.4 Å². The molecule has 0 bridgehead atoms. The Balaban J connectivity index is 2.01. The van der Waals surface area contributed by atoms with E-state index in [1.165, 1.54) is 14.0 Å². The highest BCUT2D eigenvalue weighted by Gasteiger charge is 2.17. The van der Waals surface area contributed by atoms with Gasteiger partial charge in [-0.05, 0) is 74.2 Å². The molecular formula is C27H30N2O4. The molecule has 0 heterocycles. The Morgan fingerprint density at radius 3 is 2.27 bits per heavy atom. The summed E-state index contributed by atoms with van der Waals surface area (Å²) in [4.78, 5) is 23.1. The molecule has 0 spiro atoms. The van der Waals surface area contributed by atoms with Crippen LogP contribution in [-0.4, -0.2) is 19.0 Å². The van der Waals surface area contributed by atoms with E-state index in [0.29, 0.717) is 35.7 Å². The SMILES string of the molecule is COC(=O)CCc1ccc(Oc2c(C)cc(NC(C)=O)cc2-c2cc(C)cc(C)c2N)cc1. The number of amides is 1. The second-order valence-corrected chi connectivity index (χ2v) is 8.22. The largest absolute Gasteiger partial charge is 0.469 e. The Labute approximate surface area is 194 Å². The maximum absolute atomic E-state index is 11.7. The van der Waals surface area contributed by atoms with E-state index < -0.39 is 0 Å². The number of hydrogen-bond acceptors (Lipinski definition) is 5. The summed E-state index contributed by atoms with van der Waals surface area (Å²) < 4.78 is 11.0. The number of ether oxygens (including phenoxy) is 2. The maximum atomic E-state index is 11.7. The molecule has 33 heavy (non-hydrogen) atoms. The van der Waals surface area contributed by atoms with E-state index >= 15 is 0 Å². The molecular weight excluding hydrogens is 416 g/mol. The van der Waals surface area contributed by atoms with Gasteiger partial charge < -0.3 is 20.5 Å². The van der Waals surface area contributed by atoms with Crippen molar-refractivity contribution in [2.75, 3.05) is 18.2 Å². The van der Waals surface area contributed by atoms with Crippen LogP contribution in [-0.2, 0) is 20.7 Å². The predicted octanol–water partition coefficient (Wildman–Crippen LogP) is 5.72. The number of carbonyl (C=O) groups is 2. The molecule has 6 nitrogen and oxygen atoms in total. The van der Waals surface area contributed by atoms with Crippen molar-refractivity contribution in [2.45, 2.75) is 40.5 Å². The Morgan fingerprint density at radius 1 is 0.939 bits per heavy atom. The number of anilines is 2. The summed E-state index contributed by atoms with van der Waals surface area (Å²) >= 11 is 0. The summed E-state index contributed by atoms with van der Waals surface area (Å²) in [5.41, 5.74) is 13.4. The van der Waals surface area contributed by atoms with Crippen LogP contribution in [0.15, 0.2) is 48.5 Å². The van der Waals surface area contributed by atoms with Crippen molar-refractivity contribution in [2.24, 2.45) is 0 Å². The van der Waals surface area contributed by atoms with Crippen LogP contribution in [0.3, 0.4) is 0 Å². The van der Waals surface area contributed by atoms with Gasteiger partial charge in [0.25, 0.3) is 0 Å². The van der Waals surface area contributed by atoms with Gasteiger partial charge in [-0.15, -0.1) is 0 Å². The molecule has 3 aromatic carbocycles. The Bertz CT molecular complexity index is 1180. The number of nitrogen functional groups attached to an aromatic ring is 1. The first-order chi connectivity index (χ1) is 15.7. The van der Waals surface area contributed by atoms with Gasteiger partial charge in [0.05, 0.1) is 7.11 Å². The maximum Gasteiger partial charge on any atom is 0.305 e. The minimum absolute atomic E-state index is 0.148. The van der Waals surface area contributed by atoms with Crippen LogP contribution in [0.25, 0.3) is 11.1 Å². The van der Waals surface area contributed by atoms with Crippen LogP contribution in [0, 0.1) is 20.8 Å². The van der Waals surface area contributed by atoms with Gasteiger partial charge in [-0.1, -0.05) is 23.8 Å². The number of hydrogen-bond donors (Lipinski definition) is 2. The first kappa shape index (κ1) is 23.9. The third kappa shape index (κ3) is 5.92. The smallest absolute Gasteiger partial charge is 0.305 e. The Morgan fingerprint density at radius 2 is 1.64 bits per heavy atom. The van der Waals surface area contributed by atoms with E-state index in [1.807, 2.05) is 69.3 Å². The van der Waals surface area contributed by atoms with Crippen molar-refractivity contribution in [1.82, 2.24) is 0 Å². The lowest BCUT2D eigenvalue weighted by Crippen LogP contribution is -2.07. The topological polar surface area (TPSA) is 90.6 Å². The van der Waals surface area contributed by atoms with Gasteiger partial charge in [-0.3, -0.25) is 9.59 Å². The van der Waals surface area contributed by atoms with Crippen molar-refractivity contribution < 1.29 is 19.1 Å². The van der Waals surface area contributed by atoms with Gasteiger partial charge in [0.1, 0.15) is 11.5 Å². The van der Waals surface area contributed by atoms with Crippen molar-refractivity contribution in [3.05, 3.63) is 70.8 Å². The number of carbonyl (C=O) groups excluding carboxylic acids is 2. The summed E-state index contributed by atoms with van der Waals surface area (Å²) in [6.45, 7) is 7.41. The van der Waals surface area contributed by atoms with Crippen LogP contribution < -0.4 is 15.8 Å². The monoisotopic (exact) mass is 446 g/mol. The normalized spacial score (nSPS) is 10.6. The highest BCUT2D eigenvalue weighted by molar-refractivity contribution is 5.92. The fourth-order valence-electron chi connectivity index (χ4n) is 3.78. The third-order valence-electron chi connectivity index (χ3n) is 5.41. The average molecular weight is 447 g/mol. The quantitative estimate of drug-likeness (QED) is 0.358. The van der Waals surface area contributed by atoms with Crippen molar-refractivity contribution in [3.63, 3.8) is 0 Å². The van der Waals surface area contributed by atoms with Gasteiger partial charge in [-0.25, -0.2) is 0 Å². The van der Waals surface area contributed by atoms with Gasteiger partial charge in [0.2, 0.25) is 5.91 Å². The fraction of sp³-hybridized carbons (Fsp3) is 0.259. The number of benzene rings is 3. The molecule has 3 aromatic rings. The lowest BCUT2D eigenvalue weighted by molar-refractivity contribution is -0.140. The van der Waals surface area contributed by atoms with E-state index in [4.69, 9.17) is 15.2 Å². The van der Waals surface area contributed by atoms with Crippen molar-refractivity contribution in [3.8, 4) is 22.6 Å². The van der Waals surface area contributed by atoms with Crippen LogP contribution in [0.1, 0.15) is 35.6 Å². The number of methoxy groups -OCH3 is 1. The molecule has 3 rings (SSSR count). The summed E-state index contributed by atoms with van der Waals surface area (Å²) in [6, 6.07) is 15.5. The minimum atomic E-state index is -0.235. The zero-order valence-corrected chi connectivity index (χ0v) is 19.7. The fourth-order valence-corrected chi connectivity index (χ4v) is 3.78. The third-order valence-corrected chi connectivity index (χ3v) is 5.41. The first-order valence-electron chi connectivity index (χ1n) is 10.8. The zero-order valence-electron chi connectivity index (χ0n) is 19.7. The highest BCUT2D eigenvalue weighted by Crippen LogP contribution is 2.42. The number of aryl methyl sites for hydroxylation is 4. The zero-order chi connectivity index (χ0) is 24.1. The lowest BCUT2D eigenvalue weighted by Gasteiger charge is -2.19. The van der Waals surface area contributed by atoms with Crippen molar-refractivity contribution >= 4 is 23.3 Å². The molecule has 172 valence electrons. The number of esters is 1. The lowest BCUT2D eigenvalue weighted by atomic mass is 9.95. The van der Waals surface area contributed by atoms with Gasteiger partial charge >= 0.3 is 5.97 Å². The summed E-state index contributed by atoms with van der Waals surface area (Å²) in [5, 5.41) is 2.86.